The minimum Gasteiger partial charge on any atom is -0.366 e. The minimum atomic E-state index is -0.423. The van der Waals surface area contributed by atoms with Gasteiger partial charge in [-0.1, -0.05) is 76.2 Å². The van der Waals surface area contributed by atoms with E-state index in [0.29, 0.717) is 11.3 Å². The van der Waals surface area contributed by atoms with E-state index in [4.69, 9.17) is 5.73 Å². The van der Waals surface area contributed by atoms with Crippen LogP contribution in [0.2, 0.25) is 0 Å². The standard InChI is InChI=1S/C26H26N2O2/c1-25(2,19-10-8-18(9-11-19)24(27)30)21-6-5-7-22(16-21)26(3,4)20-12-14-23(15-13-20)28-17-29/h5-16H,1-4H3,(H2,27,30). The molecule has 0 aliphatic heterocycles. The van der Waals surface area contributed by atoms with Crippen LogP contribution >= 0.6 is 0 Å². The van der Waals surface area contributed by atoms with Crippen molar-refractivity contribution in [2.24, 2.45) is 10.7 Å². The van der Waals surface area contributed by atoms with E-state index in [1.165, 1.54) is 11.1 Å². The predicted molar refractivity (Wildman–Crippen MR) is 120 cm³/mol. The maximum Gasteiger partial charge on any atom is 0.248 e. The van der Waals surface area contributed by atoms with Gasteiger partial charge in [0.15, 0.2) is 0 Å². The molecule has 0 bridgehead atoms. The van der Waals surface area contributed by atoms with Crippen molar-refractivity contribution in [1.29, 1.82) is 0 Å². The van der Waals surface area contributed by atoms with Gasteiger partial charge in [-0.2, -0.15) is 4.99 Å². The number of carbonyl (C=O) groups is 1. The quantitative estimate of drug-likeness (QED) is 0.446. The molecule has 3 aromatic carbocycles. The fourth-order valence-electron chi connectivity index (χ4n) is 3.69. The molecule has 30 heavy (non-hydrogen) atoms. The van der Waals surface area contributed by atoms with Crippen LogP contribution in [0.5, 0.6) is 0 Å². The lowest BCUT2D eigenvalue weighted by atomic mass is 9.73. The number of hydrogen-bond donors (Lipinski definition) is 1. The summed E-state index contributed by atoms with van der Waals surface area (Å²) in [4.78, 5) is 25.5. The first-order valence-corrected chi connectivity index (χ1v) is 9.86. The second-order valence-electron chi connectivity index (χ2n) is 8.52. The summed E-state index contributed by atoms with van der Waals surface area (Å²) in [7, 11) is 0. The zero-order chi connectivity index (χ0) is 21.9. The smallest absolute Gasteiger partial charge is 0.248 e. The summed E-state index contributed by atoms with van der Waals surface area (Å²) in [6, 6.07) is 23.7. The van der Waals surface area contributed by atoms with E-state index < -0.39 is 5.91 Å². The number of hydrogen-bond acceptors (Lipinski definition) is 3. The van der Waals surface area contributed by atoms with Crippen LogP contribution in [0.25, 0.3) is 0 Å². The molecule has 0 aromatic heterocycles. The summed E-state index contributed by atoms with van der Waals surface area (Å²) in [5.74, 6) is -0.423. The highest BCUT2D eigenvalue weighted by Crippen LogP contribution is 2.37. The molecule has 0 fully saturated rings. The molecule has 0 aliphatic rings. The summed E-state index contributed by atoms with van der Waals surface area (Å²) in [5, 5.41) is 0. The largest absolute Gasteiger partial charge is 0.366 e. The Kier molecular flexibility index (Phi) is 5.73. The molecule has 4 heteroatoms. The SMILES string of the molecule is CC(C)(c1ccc(N=C=O)cc1)c1cccc(C(C)(C)c2ccc(C(N)=O)cc2)c1. The molecule has 4 nitrogen and oxygen atoms in total. The third-order valence-corrected chi connectivity index (χ3v) is 5.96. The first-order chi connectivity index (χ1) is 14.2. The molecule has 0 aliphatic carbocycles. The number of benzene rings is 3. The maximum atomic E-state index is 11.4. The first kappa shape index (κ1) is 21.2. The molecule has 0 heterocycles. The van der Waals surface area contributed by atoms with Gasteiger partial charge in [0.1, 0.15) is 0 Å². The number of primary amides is 1. The lowest BCUT2D eigenvalue weighted by Gasteiger charge is -2.31. The van der Waals surface area contributed by atoms with Crippen LogP contribution in [0.3, 0.4) is 0 Å². The molecule has 0 saturated heterocycles. The monoisotopic (exact) mass is 398 g/mol. The van der Waals surface area contributed by atoms with E-state index in [-0.39, 0.29) is 10.8 Å². The molecular formula is C26H26N2O2. The molecule has 0 saturated carbocycles. The van der Waals surface area contributed by atoms with E-state index in [9.17, 15) is 9.59 Å². The maximum absolute atomic E-state index is 11.4. The van der Waals surface area contributed by atoms with Crippen LogP contribution in [-0.4, -0.2) is 12.0 Å². The summed E-state index contributed by atoms with van der Waals surface area (Å²) >= 11 is 0. The van der Waals surface area contributed by atoms with Crippen molar-refractivity contribution in [3.63, 3.8) is 0 Å². The Morgan fingerprint density at radius 3 is 1.67 bits per heavy atom. The van der Waals surface area contributed by atoms with Gasteiger partial charge in [-0.05, 0) is 46.5 Å². The number of isocyanates is 1. The second-order valence-corrected chi connectivity index (χ2v) is 8.52. The van der Waals surface area contributed by atoms with Crippen molar-refractivity contribution in [1.82, 2.24) is 0 Å². The molecule has 3 rings (SSSR count). The average molecular weight is 399 g/mol. The highest BCUT2D eigenvalue weighted by atomic mass is 16.1. The topological polar surface area (TPSA) is 72.5 Å². The Hall–Kier alpha value is -3.49. The third kappa shape index (κ3) is 4.10. The minimum absolute atomic E-state index is 0.231. The molecule has 152 valence electrons. The fourth-order valence-corrected chi connectivity index (χ4v) is 3.69. The normalized spacial score (nSPS) is 11.6. The number of amides is 1. The van der Waals surface area contributed by atoms with Gasteiger partial charge in [0, 0.05) is 16.4 Å². The van der Waals surface area contributed by atoms with Crippen molar-refractivity contribution < 1.29 is 9.59 Å². The van der Waals surface area contributed by atoms with Gasteiger partial charge in [0.2, 0.25) is 12.0 Å². The zero-order valence-electron chi connectivity index (χ0n) is 17.8. The van der Waals surface area contributed by atoms with Crippen LogP contribution < -0.4 is 5.73 Å². The van der Waals surface area contributed by atoms with E-state index in [0.717, 1.165) is 11.1 Å². The second kappa shape index (κ2) is 8.10. The van der Waals surface area contributed by atoms with Crippen LogP contribution in [0.4, 0.5) is 5.69 Å². The summed E-state index contributed by atoms with van der Waals surface area (Å²) in [6.07, 6.45) is 1.57. The lowest BCUT2D eigenvalue weighted by Crippen LogP contribution is -2.23. The van der Waals surface area contributed by atoms with Gasteiger partial charge in [0.25, 0.3) is 0 Å². The van der Waals surface area contributed by atoms with Gasteiger partial charge in [-0.15, -0.1) is 0 Å². The van der Waals surface area contributed by atoms with Crippen LogP contribution in [0.15, 0.2) is 77.8 Å². The van der Waals surface area contributed by atoms with Crippen molar-refractivity contribution in [2.45, 2.75) is 38.5 Å². The summed E-state index contributed by atoms with van der Waals surface area (Å²) < 4.78 is 0. The molecule has 0 spiro atoms. The zero-order valence-corrected chi connectivity index (χ0v) is 17.8. The van der Waals surface area contributed by atoms with Crippen LogP contribution in [0.1, 0.15) is 60.3 Å². The van der Waals surface area contributed by atoms with E-state index >= 15 is 0 Å². The molecule has 3 aromatic rings. The van der Waals surface area contributed by atoms with E-state index in [1.807, 2.05) is 36.4 Å². The van der Waals surface area contributed by atoms with Gasteiger partial charge < -0.3 is 5.73 Å². The highest BCUT2D eigenvalue weighted by Gasteiger charge is 2.27. The summed E-state index contributed by atoms with van der Waals surface area (Å²) in [5.41, 5.74) is 10.6. The molecule has 0 radical (unpaired) electrons. The Morgan fingerprint density at radius 2 is 1.23 bits per heavy atom. The number of carbonyl (C=O) groups excluding carboxylic acids is 2. The predicted octanol–water partition coefficient (Wildman–Crippen LogP) is 5.40. The molecule has 2 N–H and O–H groups in total. The first-order valence-electron chi connectivity index (χ1n) is 9.86. The lowest BCUT2D eigenvalue weighted by molar-refractivity contribution is 0.1000. The van der Waals surface area contributed by atoms with E-state index in [2.05, 4.69) is 57.0 Å². The molecular weight excluding hydrogens is 372 g/mol. The van der Waals surface area contributed by atoms with Crippen molar-refractivity contribution in [3.8, 4) is 0 Å². The molecule has 0 atom stereocenters. The number of aliphatic imine (C=N–C) groups is 1. The number of nitrogens with two attached hydrogens (primary N) is 1. The van der Waals surface area contributed by atoms with Crippen LogP contribution in [0, 0.1) is 0 Å². The van der Waals surface area contributed by atoms with Crippen molar-refractivity contribution >= 4 is 17.7 Å². The van der Waals surface area contributed by atoms with Crippen molar-refractivity contribution in [2.75, 3.05) is 0 Å². The Labute approximate surface area is 177 Å². The Balaban J connectivity index is 1.97. The van der Waals surface area contributed by atoms with Gasteiger partial charge in [0.05, 0.1) is 5.69 Å². The number of rotatable bonds is 6. The van der Waals surface area contributed by atoms with Gasteiger partial charge >= 0.3 is 0 Å². The van der Waals surface area contributed by atoms with Crippen LogP contribution in [-0.2, 0) is 15.6 Å². The third-order valence-electron chi connectivity index (χ3n) is 5.96. The Morgan fingerprint density at radius 1 is 0.767 bits per heavy atom. The van der Waals surface area contributed by atoms with E-state index in [1.54, 1.807) is 18.2 Å². The summed E-state index contributed by atoms with van der Waals surface area (Å²) in [6.45, 7) is 8.70. The highest BCUT2D eigenvalue weighted by molar-refractivity contribution is 5.92. The van der Waals surface area contributed by atoms with Crippen molar-refractivity contribution in [3.05, 3.63) is 101 Å². The molecule has 0 unspecified atom stereocenters. The number of nitrogens with zero attached hydrogens (tertiary/aromatic N) is 1. The van der Waals surface area contributed by atoms with Gasteiger partial charge in [-0.3, -0.25) is 4.79 Å². The Bertz CT molecular complexity index is 1030. The molecule has 1 amide bonds. The fraction of sp³-hybridized carbons (Fsp3) is 0.231. The average Bonchev–Trinajstić information content (AvgIpc) is 2.74. The van der Waals surface area contributed by atoms with Gasteiger partial charge in [-0.25, -0.2) is 4.79 Å².